The van der Waals surface area contributed by atoms with E-state index < -0.39 is 0 Å². The Kier molecular flexibility index (Phi) is 3.64. The van der Waals surface area contributed by atoms with Crippen LogP contribution in [0.5, 0.6) is 0 Å². The lowest BCUT2D eigenvalue weighted by Crippen LogP contribution is -2.12. The fourth-order valence-corrected chi connectivity index (χ4v) is 2.93. The van der Waals surface area contributed by atoms with Gasteiger partial charge in [0.1, 0.15) is 0 Å². The van der Waals surface area contributed by atoms with Crippen molar-refractivity contribution in [2.75, 3.05) is 5.32 Å². The maximum absolute atomic E-state index is 8.49. The van der Waals surface area contributed by atoms with Crippen molar-refractivity contribution in [3.05, 3.63) is 83.8 Å². The minimum atomic E-state index is -0.386. The minimum Gasteiger partial charge on any atom is -0.355 e. The van der Waals surface area contributed by atoms with E-state index >= 15 is 0 Å². The van der Waals surface area contributed by atoms with Crippen molar-refractivity contribution in [1.82, 2.24) is 0 Å². The molecule has 1 heteroatoms. The zero-order valence-electron chi connectivity index (χ0n) is 22.0. The third-order valence-corrected chi connectivity index (χ3v) is 4.66. The van der Waals surface area contributed by atoms with Gasteiger partial charge in [-0.05, 0) is 51.8 Å². The summed E-state index contributed by atoms with van der Waals surface area (Å²) in [7, 11) is 0. The predicted molar refractivity (Wildman–Crippen MR) is 119 cm³/mol. The van der Waals surface area contributed by atoms with E-state index in [-0.39, 0.29) is 46.6 Å². The van der Waals surface area contributed by atoms with Gasteiger partial charge < -0.3 is 5.32 Å². The molecule has 0 fully saturated rings. The summed E-state index contributed by atoms with van der Waals surface area (Å²) in [6, 6.07) is 12.6. The molecule has 0 saturated carbocycles. The highest BCUT2D eigenvalue weighted by molar-refractivity contribution is 5.82. The molecule has 0 heterocycles. The molecule has 0 atom stereocenters. The molecule has 3 aromatic rings. The highest BCUT2D eigenvalue weighted by atomic mass is 14.9. The molecule has 140 valence electrons. The molecule has 0 aromatic heterocycles. The Balaban J connectivity index is 2.25. The summed E-state index contributed by atoms with van der Waals surface area (Å²) in [4.78, 5) is 0. The van der Waals surface area contributed by atoms with Crippen molar-refractivity contribution in [3.63, 3.8) is 0 Å². The summed E-state index contributed by atoms with van der Waals surface area (Å²) in [5, 5.41) is 3.43. The summed E-state index contributed by atoms with van der Waals surface area (Å²) in [6.45, 7) is 12.7. The second-order valence-electron chi connectivity index (χ2n) is 8.97. The second kappa shape index (κ2) is 7.23. The van der Waals surface area contributed by atoms with Gasteiger partial charge in [0.2, 0.25) is 0 Å². The molecule has 1 N–H and O–H groups in total. The van der Waals surface area contributed by atoms with Gasteiger partial charge in [-0.2, -0.15) is 0 Å². The molecular formula is C26H31N. The molecule has 0 aliphatic rings. The molecule has 27 heavy (non-hydrogen) atoms. The van der Waals surface area contributed by atoms with E-state index in [4.69, 9.17) is 6.85 Å². The third-order valence-electron chi connectivity index (χ3n) is 4.66. The largest absolute Gasteiger partial charge is 0.355 e. The lowest BCUT2D eigenvalue weighted by atomic mass is 9.85. The van der Waals surface area contributed by atoms with E-state index in [1.54, 1.807) is 0 Å². The molecular weight excluding hydrogens is 326 g/mol. The van der Waals surface area contributed by atoms with Crippen LogP contribution in [-0.4, -0.2) is 0 Å². The van der Waals surface area contributed by atoms with Gasteiger partial charge in [-0.15, -0.1) is 0 Å². The molecule has 0 unspecified atom stereocenters. The Morgan fingerprint density at radius 1 is 0.741 bits per heavy atom. The SMILES string of the molecule is [2H]c1c([2H])c([2H])c(-c2cc(C(C)(C)C)ccc2Nc2cccc(C(C)(C)C)c2)c([2H])c1[2H]. The normalized spacial score (nSPS) is 14.7. The number of hydrogen-bond donors (Lipinski definition) is 1. The fourth-order valence-electron chi connectivity index (χ4n) is 2.93. The molecule has 3 aromatic carbocycles. The van der Waals surface area contributed by atoms with Crippen molar-refractivity contribution >= 4 is 11.4 Å². The first kappa shape index (κ1) is 13.6. The van der Waals surface area contributed by atoms with E-state index in [0.29, 0.717) is 11.3 Å². The van der Waals surface area contributed by atoms with Gasteiger partial charge in [0.05, 0.1) is 6.85 Å². The number of hydrogen-bond acceptors (Lipinski definition) is 1. The molecule has 1 nitrogen and oxygen atoms in total. The Labute approximate surface area is 171 Å². The van der Waals surface area contributed by atoms with Gasteiger partial charge >= 0.3 is 0 Å². The number of benzene rings is 3. The van der Waals surface area contributed by atoms with Crippen LogP contribution in [0, 0.1) is 0 Å². The third kappa shape index (κ3) is 4.60. The summed E-state index contributed by atoms with van der Waals surface area (Å²) in [5.74, 6) is 0. The maximum atomic E-state index is 8.49. The highest BCUT2D eigenvalue weighted by Crippen LogP contribution is 2.35. The molecule has 0 amide bonds. The van der Waals surface area contributed by atoms with E-state index in [0.717, 1.165) is 11.3 Å². The Morgan fingerprint density at radius 3 is 2.00 bits per heavy atom. The van der Waals surface area contributed by atoms with Gasteiger partial charge in [-0.25, -0.2) is 0 Å². The Bertz CT molecular complexity index is 1140. The maximum Gasteiger partial charge on any atom is 0.0629 e. The predicted octanol–water partition coefficient (Wildman–Crippen LogP) is 7.69. The van der Waals surface area contributed by atoms with Crippen molar-refractivity contribution in [1.29, 1.82) is 0 Å². The molecule has 0 saturated heterocycles. The summed E-state index contributed by atoms with van der Waals surface area (Å²) in [6.07, 6.45) is 0. The molecule has 0 spiro atoms. The number of rotatable bonds is 3. The van der Waals surface area contributed by atoms with E-state index in [1.807, 2.05) is 30.3 Å². The lowest BCUT2D eigenvalue weighted by Gasteiger charge is -2.23. The minimum absolute atomic E-state index is 0.0104. The summed E-state index contributed by atoms with van der Waals surface area (Å²) < 4.78 is 41.2. The van der Waals surface area contributed by atoms with Crippen LogP contribution in [0.2, 0.25) is 0 Å². The molecule has 0 bridgehead atoms. The zero-order chi connectivity index (χ0) is 24.0. The number of anilines is 2. The first-order valence-electron chi connectivity index (χ1n) is 11.8. The molecule has 3 rings (SSSR count). The lowest BCUT2D eigenvalue weighted by molar-refractivity contribution is 0.590. The van der Waals surface area contributed by atoms with Crippen LogP contribution in [0.25, 0.3) is 11.1 Å². The van der Waals surface area contributed by atoms with E-state index in [9.17, 15) is 0 Å². The van der Waals surface area contributed by atoms with E-state index in [2.05, 4.69) is 59.0 Å². The van der Waals surface area contributed by atoms with Gasteiger partial charge in [0.25, 0.3) is 0 Å². The first-order chi connectivity index (χ1) is 14.7. The van der Waals surface area contributed by atoms with Gasteiger partial charge in [-0.1, -0.05) is 90.0 Å². The van der Waals surface area contributed by atoms with Crippen molar-refractivity contribution in [3.8, 4) is 11.1 Å². The van der Waals surface area contributed by atoms with E-state index in [1.165, 1.54) is 5.56 Å². The Morgan fingerprint density at radius 2 is 1.37 bits per heavy atom. The smallest absolute Gasteiger partial charge is 0.0629 e. The van der Waals surface area contributed by atoms with Crippen molar-refractivity contribution in [2.24, 2.45) is 0 Å². The average Bonchev–Trinajstić information content (AvgIpc) is 2.71. The molecule has 0 aliphatic heterocycles. The monoisotopic (exact) mass is 362 g/mol. The van der Waals surface area contributed by atoms with Gasteiger partial charge in [-0.3, -0.25) is 0 Å². The van der Waals surface area contributed by atoms with Crippen molar-refractivity contribution in [2.45, 2.75) is 52.4 Å². The van der Waals surface area contributed by atoms with Crippen LogP contribution in [0.4, 0.5) is 11.4 Å². The average molecular weight is 363 g/mol. The molecule has 0 radical (unpaired) electrons. The van der Waals surface area contributed by atoms with Crippen LogP contribution in [0.1, 0.15) is 59.5 Å². The van der Waals surface area contributed by atoms with Crippen LogP contribution >= 0.6 is 0 Å². The van der Waals surface area contributed by atoms with Crippen LogP contribution in [0.15, 0.2) is 72.7 Å². The zero-order valence-corrected chi connectivity index (χ0v) is 17.0. The molecule has 0 aliphatic carbocycles. The van der Waals surface area contributed by atoms with Gasteiger partial charge in [0.15, 0.2) is 0 Å². The fraction of sp³-hybridized carbons (Fsp3) is 0.308. The number of nitrogens with one attached hydrogen (secondary N) is 1. The quantitative estimate of drug-likeness (QED) is 0.503. The van der Waals surface area contributed by atoms with Gasteiger partial charge in [0, 0.05) is 16.9 Å². The van der Waals surface area contributed by atoms with Crippen molar-refractivity contribution < 1.29 is 6.85 Å². The van der Waals surface area contributed by atoms with Crippen LogP contribution < -0.4 is 5.32 Å². The standard InChI is InChI=1S/C26H31N/c1-25(2,3)20-13-10-14-22(17-20)27-24-16-15-21(26(4,5)6)18-23(24)19-11-8-7-9-12-19/h7-18,27H,1-6H3/i7D,8D,9D,11D,12D. The highest BCUT2D eigenvalue weighted by Gasteiger charge is 2.17. The van der Waals surface area contributed by atoms with Crippen LogP contribution in [-0.2, 0) is 10.8 Å². The first-order valence-corrected chi connectivity index (χ1v) is 9.31. The topological polar surface area (TPSA) is 12.0 Å². The van der Waals surface area contributed by atoms with Crippen LogP contribution in [0.3, 0.4) is 0 Å². The summed E-state index contributed by atoms with van der Waals surface area (Å²) >= 11 is 0. The summed E-state index contributed by atoms with van der Waals surface area (Å²) in [5.41, 5.74) is 4.41. The second-order valence-corrected chi connectivity index (χ2v) is 8.97. The Hall–Kier alpha value is -2.54.